The Morgan fingerprint density at radius 2 is 1.93 bits per heavy atom. The summed E-state index contributed by atoms with van der Waals surface area (Å²) >= 11 is 0. The maximum Gasteiger partial charge on any atom is 0.306 e. The molecule has 0 aromatic rings. The fourth-order valence-electron chi connectivity index (χ4n) is 0.977. The Morgan fingerprint density at radius 1 is 1.40 bits per heavy atom. The molecule has 0 heterocycles. The molecular formula is C10H18NO4-. The first-order chi connectivity index (χ1) is 6.72. The van der Waals surface area contributed by atoms with Gasteiger partial charge >= 0.3 is 5.97 Å². The highest BCUT2D eigenvalue weighted by atomic mass is 16.6. The second-order valence-corrected chi connectivity index (χ2v) is 4.40. The number of ether oxygens (including phenoxy) is 1. The molecule has 0 aliphatic heterocycles. The third kappa shape index (κ3) is 7.93. The van der Waals surface area contributed by atoms with Crippen molar-refractivity contribution in [1.29, 1.82) is 0 Å². The van der Waals surface area contributed by atoms with Gasteiger partial charge in [0.25, 0.3) is 0 Å². The Labute approximate surface area is 89.6 Å². The van der Waals surface area contributed by atoms with Crippen LogP contribution >= 0.6 is 0 Å². The summed E-state index contributed by atoms with van der Waals surface area (Å²) in [4.78, 5) is 21.4. The average molecular weight is 216 g/mol. The summed E-state index contributed by atoms with van der Waals surface area (Å²) in [6.07, 6.45) is 0.796. The first-order valence-electron chi connectivity index (χ1n) is 4.90. The summed E-state index contributed by atoms with van der Waals surface area (Å²) in [5.41, 5.74) is 4.71. The van der Waals surface area contributed by atoms with E-state index in [9.17, 15) is 14.7 Å². The van der Waals surface area contributed by atoms with Gasteiger partial charge in [-0.05, 0) is 33.6 Å². The quantitative estimate of drug-likeness (QED) is 0.630. The van der Waals surface area contributed by atoms with Gasteiger partial charge in [-0.25, -0.2) is 0 Å². The minimum absolute atomic E-state index is 0.179. The van der Waals surface area contributed by atoms with Crippen LogP contribution in [0.1, 0.15) is 40.0 Å². The molecule has 0 amide bonds. The van der Waals surface area contributed by atoms with Crippen LogP contribution in [0.15, 0.2) is 0 Å². The van der Waals surface area contributed by atoms with Crippen LogP contribution in [0.3, 0.4) is 0 Å². The summed E-state index contributed by atoms with van der Waals surface area (Å²) in [6, 6.07) is -1.01. The van der Waals surface area contributed by atoms with Crippen molar-refractivity contribution >= 4 is 11.9 Å². The third-order valence-electron chi connectivity index (χ3n) is 1.62. The van der Waals surface area contributed by atoms with E-state index in [0.29, 0.717) is 6.42 Å². The van der Waals surface area contributed by atoms with E-state index in [0.717, 1.165) is 0 Å². The van der Waals surface area contributed by atoms with E-state index < -0.39 is 17.6 Å². The molecule has 1 unspecified atom stereocenters. The smallest absolute Gasteiger partial charge is 0.306 e. The van der Waals surface area contributed by atoms with Crippen LogP contribution in [0.5, 0.6) is 0 Å². The first kappa shape index (κ1) is 13.9. The van der Waals surface area contributed by atoms with Crippen LogP contribution < -0.4 is 10.8 Å². The number of hydrogen-bond donors (Lipinski definition) is 1. The zero-order chi connectivity index (χ0) is 12.1. The van der Waals surface area contributed by atoms with E-state index in [2.05, 4.69) is 0 Å². The highest BCUT2D eigenvalue weighted by Gasteiger charge is 2.16. The molecule has 0 saturated heterocycles. The van der Waals surface area contributed by atoms with Crippen LogP contribution in [0, 0.1) is 0 Å². The van der Waals surface area contributed by atoms with Gasteiger partial charge in [0.15, 0.2) is 0 Å². The number of carboxylic acid groups (broad SMARTS) is 1. The van der Waals surface area contributed by atoms with Gasteiger partial charge in [-0.3, -0.25) is 4.79 Å². The predicted molar refractivity (Wildman–Crippen MR) is 52.7 cm³/mol. The van der Waals surface area contributed by atoms with Crippen molar-refractivity contribution in [3.05, 3.63) is 0 Å². The topological polar surface area (TPSA) is 92.5 Å². The van der Waals surface area contributed by atoms with Crippen molar-refractivity contribution in [2.75, 3.05) is 0 Å². The van der Waals surface area contributed by atoms with Crippen molar-refractivity contribution < 1.29 is 19.4 Å². The van der Waals surface area contributed by atoms with Gasteiger partial charge < -0.3 is 20.4 Å². The lowest BCUT2D eigenvalue weighted by Gasteiger charge is -2.19. The molecule has 0 aromatic heterocycles. The molecule has 0 spiro atoms. The molecule has 0 fully saturated rings. The van der Waals surface area contributed by atoms with Gasteiger partial charge in [0, 0.05) is 12.5 Å². The summed E-state index contributed by atoms with van der Waals surface area (Å²) in [6.45, 7) is 5.33. The Kier molecular flexibility index (Phi) is 5.28. The molecular weight excluding hydrogens is 198 g/mol. The Balaban J connectivity index is 3.69. The maximum absolute atomic E-state index is 11.2. The van der Waals surface area contributed by atoms with E-state index in [1.165, 1.54) is 0 Å². The highest BCUT2D eigenvalue weighted by Crippen LogP contribution is 2.10. The summed E-state index contributed by atoms with van der Waals surface area (Å²) < 4.78 is 5.04. The molecule has 0 bridgehead atoms. The van der Waals surface area contributed by atoms with Crippen LogP contribution in [-0.4, -0.2) is 23.6 Å². The van der Waals surface area contributed by atoms with E-state index >= 15 is 0 Å². The second-order valence-electron chi connectivity index (χ2n) is 4.40. The lowest BCUT2D eigenvalue weighted by atomic mass is 10.1. The fourth-order valence-corrected chi connectivity index (χ4v) is 0.977. The number of carbonyl (C=O) groups is 2. The lowest BCUT2D eigenvalue weighted by molar-refractivity contribution is -0.307. The van der Waals surface area contributed by atoms with Gasteiger partial charge in [0.05, 0.1) is 5.97 Å². The van der Waals surface area contributed by atoms with E-state index in [-0.39, 0.29) is 18.8 Å². The first-order valence-corrected chi connectivity index (χ1v) is 4.90. The van der Waals surface area contributed by atoms with E-state index in [4.69, 9.17) is 10.5 Å². The molecule has 88 valence electrons. The standard InChI is InChI=1S/C10H19NO4/c1-10(2,3)15-8(12)6-4-5-7(11)9(13)14/h7H,4-6,11H2,1-3H3,(H,13,14)/p-1. The minimum Gasteiger partial charge on any atom is -0.548 e. The zero-order valence-corrected chi connectivity index (χ0v) is 9.41. The third-order valence-corrected chi connectivity index (χ3v) is 1.62. The van der Waals surface area contributed by atoms with Gasteiger partial charge in [0.2, 0.25) is 0 Å². The maximum atomic E-state index is 11.2. The average Bonchev–Trinajstić information content (AvgIpc) is 2.00. The number of nitrogens with two attached hydrogens (primary N) is 1. The van der Waals surface area contributed by atoms with Gasteiger partial charge in [-0.2, -0.15) is 0 Å². The molecule has 2 N–H and O–H groups in total. The van der Waals surface area contributed by atoms with Crippen molar-refractivity contribution in [3.8, 4) is 0 Å². The van der Waals surface area contributed by atoms with E-state index in [1.807, 2.05) is 0 Å². The monoisotopic (exact) mass is 216 g/mol. The molecule has 0 rings (SSSR count). The molecule has 1 atom stereocenters. The van der Waals surface area contributed by atoms with Crippen LogP contribution in [0.25, 0.3) is 0 Å². The van der Waals surface area contributed by atoms with Crippen molar-refractivity contribution in [3.63, 3.8) is 0 Å². The van der Waals surface area contributed by atoms with Crippen LogP contribution in [0.2, 0.25) is 0 Å². The second kappa shape index (κ2) is 5.70. The lowest BCUT2D eigenvalue weighted by Crippen LogP contribution is -2.41. The van der Waals surface area contributed by atoms with Crippen LogP contribution in [0.4, 0.5) is 0 Å². The normalized spacial score (nSPS) is 13.3. The number of hydrogen-bond acceptors (Lipinski definition) is 5. The fraction of sp³-hybridized carbons (Fsp3) is 0.800. The SMILES string of the molecule is CC(C)(C)OC(=O)CCCC(N)C(=O)[O-]. The molecule has 5 nitrogen and oxygen atoms in total. The van der Waals surface area contributed by atoms with Crippen LogP contribution in [-0.2, 0) is 14.3 Å². The Morgan fingerprint density at radius 3 is 2.33 bits per heavy atom. The van der Waals surface area contributed by atoms with E-state index in [1.54, 1.807) is 20.8 Å². The van der Waals surface area contributed by atoms with Crippen molar-refractivity contribution in [2.24, 2.45) is 5.73 Å². The van der Waals surface area contributed by atoms with Gasteiger partial charge in [-0.15, -0.1) is 0 Å². The Hall–Kier alpha value is -1.10. The summed E-state index contributed by atoms with van der Waals surface area (Å²) in [7, 11) is 0. The Bertz CT molecular complexity index is 232. The van der Waals surface area contributed by atoms with Gasteiger partial charge in [0.1, 0.15) is 5.60 Å². The van der Waals surface area contributed by atoms with Crippen molar-refractivity contribution in [1.82, 2.24) is 0 Å². The molecule has 0 aliphatic rings. The minimum atomic E-state index is -1.29. The summed E-state index contributed by atoms with van der Waals surface area (Å²) in [5, 5.41) is 10.3. The summed E-state index contributed by atoms with van der Waals surface area (Å²) in [5.74, 6) is -1.63. The number of carboxylic acids is 1. The molecule has 0 radical (unpaired) electrons. The molecule has 15 heavy (non-hydrogen) atoms. The van der Waals surface area contributed by atoms with Crippen molar-refractivity contribution in [2.45, 2.75) is 51.7 Å². The number of carbonyl (C=O) groups excluding carboxylic acids is 2. The van der Waals surface area contributed by atoms with Gasteiger partial charge in [-0.1, -0.05) is 0 Å². The predicted octanol–water partition coefficient (Wildman–Crippen LogP) is -0.424. The molecule has 5 heteroatoms. The molecule has 0 aliphatic carbocycles. The molecule has 0 aromatic carbocycles. The number of aliphatic carboxylic acids is 1. The molecule has 0 saturated carbocycles. The highest BCUT2D eigenvalue weighted by molar-refractivity contribution is 5.71. The number of esters is 1. The largest absolute Gasteiger partial charge is 0.548 e. The zero-order valence-electron chi connectivity index (χ0n) is 9.41. The number of rotatable bonds is 5.